The number of amides is 1. The number of rotatable bonds is 4. The molecule has 1 amide bonds. The highest BCUT2D eigenvalue weighted by atomic mass is 32.1. The van der Waals surface area contributed by atoms with Gasteiger partial charge in [0.25, 0.3) is 0 Å². The molecular formula is C15H15F3N4OS. The van der Waals surface area contributed by atoms with Crippen molar-refractivity contribution in [3.05, 3.63) is 46.0 Å². The summed E-state index contributed by atoms with van der Waals surface area (Å²) in [4.78, 5) is 12.1. The normalized spacial score (nSPS) is 20.0. The lowest BCUT2D eigenvalue weighted by Crippen LogP contribution is -2.26. The van der Waals surface area contributed by atoms with E-state index in [2.05, 4.69) is 15.5 Å². The molecule has 0 unspecified atom stereocenters. The van der Waals surface area contributed by atoms with E-state index >= 15 is 0 Å². The van der Waals surface area contributed by atoms with E-state index in [0.717, 1.165) is 17.7 Å². The Bertz CT molecular complexity index is 809. The maximum atomic E-state index is 12.6. The van der Waals surface area contributed by atoms with Crippen molar-refractivity contribution in [2.24, 2.45) is 13.0 Å². The van der Waals surface area contributed by atoms with Crippen molar-refractivity contribution >= 4 is 18.1 Å². The van der Waals surface area contributed by atoms with Crippen LogP contribution in [0, 0.1) is 10.7 Å². The summed E-state index contributed by atoms with van der Waals surface area (Å²) in [5.74, 6) is 0.234. The van der Waals surface area contributed by atoms with Crippen LogP contribution in [0.3, 0.4) is 0 Å². The second-order valence-electron chi connectivity index (χ2n) is 5.79. The molecule has 9 heteroatoms. The van der Waals surface area contributed by atoms with Gasteiger partial charge in [-0.1, -0.05) is 12.1 Å². The maximum absolute atomic E-state index is 12.6. The molecule has 2 N–H and O–H groups in total. The first-order chi connectivity index (χ1) is 11.3. The predicted molar refractivity (Wildman–Crippen MR) is 82.5 cm³/mol. The largest absolute Gasteiger partial charge is 0.416 e. The number of hydrogen-bond donors (Lipinski definition) is 2. The second kappa shape index (κ2) is 6.04. The molecule has 2 atom stereocenters. The molecule has 1 saturated carbocycles. The Labute approximate surface area is 140 Å². The number of benzene rings is 1. The average molecular weight is 356 g/mol. The minimum absolute atomic E-state index is 0.0327. The van der Waals surface area contributed by atoms with Crippen LogP contribution in [0.2, 0.25) is 0 Å². The minimum atomic E-state index is -4.35. The van der Waals surface area contributed by atoms with E-state index in [1.54, 1.807) is 11.6 Å². The Morgan fingerprint density at radius 3 is 2.62 bits per heavy atom. The zero-order chi connectivity index (χ0) is 17.5. The first-order valence-electron chi connectivity index (χ1n) is 7.32. The number of hydrogen-bond acceptors (Lipinski definition) is 3. The summed E-state index contributed by atoms with van der Waals surface area (Å²) in [6, 6.07) is 4.99. The predicted octanol–water partition coefficient (Wildman–Crippen LogP) is 2.92. The van der Waals surface area contributed by atoms with E-state index < -0.39 is 11.7 Å². The Morgan fingerprint density at radius 1 is 1.42 bits per heavy atom. The van der Waals surface area contributed by atoms with Gasteiger partial charge in [-0.2, -0.15) is 18.3 Å². The lowest BCUT2D eigenvalue weighted by atomic mass is 10.1. The number of alkyl halides is 3. The fraction of sp³-hybridized carbons (Fsp3) is 0.400. The fourth-order valence-electron chi connectivity index (χ4n) is 2.61. The Balaban J connectivity index is 1.57. The van der Waals surface area contributed by atoms with Gasteiger partial charge in [0.1, 0.15) is 0 Å². The smallest absolute Gasteiger partial charge is 0.349 e. The molecule has 1 aliphatic rings. The van der Waals surface area contributed by atoms with Crippen LogP contribution >= 0.6 is 12.2 Å². The van der Waals surface area contributed by atoms with E-state index in [-0.39, 0.29) is 24.3 Å². The van der Waals surface area contributed by atoms with E-state index in [0.29, 0.717) is 17.0 Å². The molecule has 1 fully saturated rings. The van der Waals surface area contributed by atoms with E-state index in [9.17, 15) is 18.0 Å². The summed E-state index contributed by atoms with van der Waals surface area (Å²) >= 11 is 4.99. The molecule has 128 valence electrons. The molecule has 0 aliphatic heterocycles. The lowest BCUT2D eigenvalue weighted by molar-refractivity contribution is -0.137. The van der Waals surface area contributed by atoms with Gasteiger partial charge < -0.3 is 9.88 Å². The number of nitrogens with zero attached hydrogens (tertiary/aromatic N) is 2. The summed E-state index contributed by atoms with van der Waals surface area (Å²) in [5.41, 5.74) is 0.0694. The van der Waals surface area contributed by atoms with Crippen molar-refractivity contribution in [1.29, 1.82) is 0 Å². The number of aromatic amines is 1. The van der Waals surface area contributed by atoms with Gasteiger partial charge in [0.2, 0.25) is 5.91 Å². The summed E-state index contributed by atoms with van der Waals surface area (Å²) in [7, 11) is 1.75. The molecule has 0 bridgehead atoms. The van der Waals surface area contributed by atoms with Crippen molar-refractivity contribution in [2.75, 3.05) is 0 Å². The average Bonchev–Trinajstić information content (AvgIpc) is 3.27. The van der Waals surface area contributed by atoms with Crippen LogP contribution in [0.4, 0.5) is 13.2 Å². The molecule has 5 nitrogen and oxygen atoms in total. The number of carbonyl (C=O) groups excluding carboxylic acids is 1. The number of halogens is 3. The van der Waals surface area contributed by atoms with Crippen molar-refractivity contribution in [1.82, 2.24) is 20.1 Å². The number of nitrogens with one attached hydrogen (secondary N) is 2. The number of H-pyrrole nitrogens is 1. The van der Waals surface area contributed by atoms with Crippen LogP contribution in [-0.4, -0.2) is 20.7 Å². The van der Waals surface area contributed by atoms with Crippen molar-refractivity contribution in [2.45, 2.75) is 25.1 Å². The molecular weight excluding hydrogens is 341 g/mol. The molecule has 0 radical (unpaired) electrons. The Hall–Kier alpha value is -2.16. The van der Waals surface area contributed by atoms with Crippen LogP contribution in [0.5, 0.6) is 0 Å². The van der Waals surface area contributed by atoms with Crippen LogP contribution < -0.4 is 5.32 Å². The van der Waals surface area contributed by atoms with E-state index in [4.69, 9.17) is 12.2 Å². The summed E-state index contributed by atoms with van der Waals surface area (Å²) < 4.78 is 39.8. The third-order valence-electron chi connectivity index (χ3n) is 4.19. The molecule has 0 saturated heterocycles. The number of aromatic nitrogens is 3. The summed E-state index contributed by atoms with van der Waals surface area (Å²) in [5, 5.41) is 9.41. The van der Waals surface area contributed by atoms with Gasteiger partial charge in [-0.25, -0.2) is 0 Å². The summed E-state index contributed by atoms with van der Waals surface area (Å²) in [6.07, 6.45) is -3.71. The quantitative estimate of drug-likeness (QED) is 0.828. The highest BCUT2D eigenvalue weighted by molar-refractivity contribution is 7.71. The molecule has 1 heterocycles. The molecule has 1 aromatic heterocycles. The van der Waals surface area contributed by atoms with Crippen molar-refractivity contribution < 1.29 is 18.0 Å². The van der Waals surface area contributed by atoms with Gasteiger partial charge in [0.15, 0.2) is 10.6 Å². The zero-order valence-electron chi connectivity index (χ0n) is 12.7. The van der Waals surface area contributed by atoms with Crippen LogP contribution in [0.25, 0.3) is 0 Å². The molecule has 3 rings (SSSR count). The third-order valence-corrected chi connectivity index (χ3v) is 4.55. The molecule has 1 aromatic carbocycles. The van der Waals surface area contributed by atoms with Gasteiger partial charge in [0.05, 0.1) is 12.1 Å². The standard InChI is InChI=1S/C15H15F3N4OS/c1-22-12(20-21-14(22)24)7-19-13(23)11-6-10(11)8-2-4-9(5-3-8)15(16,17)18/h2-5,10-11H,6-7H2,1H3,(H,19,23)(H,21,24)/t10-,11-/m0/s1. The Morgan fingerprint density at radius 2 is 2.08 bits per heavy atom. The van der Waals surface area contributed by atoms with Crippen molar-refractivity contribution in [3.8, 4) is 0 Å². The van der Waals surface area contributed by atoms with Crippen LogP contribution in [0.1, 0.15) is 29.3 Å². The Kier molecular flexibility index (Phi) is 4.20. The van der Waals surface area contributed by atoms with Gasteiger partial charge in [0, 0.05) is 13.0 Å². The molecule has 24 heavy (non-hydrogen) atoms. The monoisotopic (exact) mass is 356 g/mol. The van der Waals surface area contributed by atoms with Gasteiger partial charge in [-0.3, -0.25) is 9.89 Å². The summed E-state index contributed by atoms with van der Waals surface area (Å²) in [6.45, 7) is 0.249. The fourth-order valence-corrected chi connectivity index (χ4v) is 2.76. The first-order valence-corrected chi connectivity index (χ1v) is 7.73. The van der Waals surface area contributed by atoms with Crippen LogP contribution in [-0.2, 0) is 24.6 Å². The lowest BCUT2D eigenvalue weighted by Gasteiger charge is -2.08. The van der Waals surface area contributed by atoms with Crippen molar-refractivity contribution in [3.63, 3.8) is 0 Å². The zero-order valence-corrected chi connectivity index (χ0v) is 13.5. The topological polar surface area (TPSA) is 62.7 Å². The second-order valence-corrected chi connectivity index (χ2v) is 6.18. The minimum Gasteiger partial charge on any atom is -0.349 e. The van der Waals surface area contributed by atoms with E-state index in [1.165, 1.54) is 12.1 Å². The van der Waals surface area contributed by atoms with E-state index in [1.807, 2.05) is 0 Å². The first kappa shape index (κ1) is 16.7. The highest BCUT2D eigenvalue weighted by Gasteiger charge is 2.44. The SMILES string of the molecule is Cn1c(CNC(=O)[C@H]2C[C@H]2c2ccc(C(F)(F)F)cc2)n[nH]c1=S. The van der Waals surface area contributed by atoms with Crippen LogP contribution in [0.15, 0.2) is 24.3 Å². The third kappa shape index (κ3) is 3.35. The molecule has 0 spiro atoms. The molecule has 2 aromatic rings. The van der Waals surface area contributed by atoms with Gasteiger partial charge in [-0.15, -0.1) is 0 Å². The highest BCUT2D eigenvalue weighted by Crippen LogP contribution is 2.48. The molecule has 1 aliphatic carbocycles. The maximum Gasteiger partial charge on any atom is 0.416 e. The van der Waals surface area contributed by atoms with Gasteiger partial charge >= 0.3 is 6.18 Å². The van der Waals surface area contributed by atoms with Gasteiger partial charge in [-0.05, 0) is 42.3 Å². The number of carbonyl (C=O) groups is 1.